The molecule has 64 heavy (non-hydrogen) atoms. The summed E-state index contributed by atoms with van der Waals surface area (Å²) < 4.78 is 23.5. The minimum Gasteiger partial charge on any atom is -0.870 e. The van der Waals surface area contributed by atoms with Gasteiger partial charge in [-0.05, 0) is 107 Å². The molecule has 0 saturated carbocycles. The Balaban J connectivity index is 0.000000365. The van der Waals surface area contributed by atoms with Crippen LogP contribution in [0.2, 0.25) is 0 Å². The van der Waals surface area contributed by atoms with E-state index in [1.165, 1.54) is 6.29 Å². The van der Waals surface area contributed by atoms with Crippen molar-refractivity contribution in [2.45, 2.75) is 149 Å². The number of hydrogen-bond donors (Lipinski definition) is 1. The Bertz CT molecular complexity index is 2200. The summed E-state index contributed by atoms with van der Waals surface area (Å²) in [6, 6.07) is 12.0. The number of carbonyl (C=O) groups is 3. The van der Waals surface area contributed by atoms with Gasteiger partial charge in [-0.2, -0.15) is 6.29 Å². The van der Waals surface area contributed by atoms with E-state index in [4.69, 9.17) is 24.0 Å². The molecule has 2 aromatic carbocycles. The van der Waals surface area contributed by atoms with Crippen LogP contribution < -0.4 is 57.1 Å². The monoisotopic (exact) mass is 1040 g/mol. The van der Waals surface area contributed by atoms with Crippen molar-refractivity contribution in [2.75, 3.05) is 13.1 Å². The molecule has 0 bridgehead atoms. The van der Waals surface area contributed by atoms with E-state index < -0.39 is 11.2 Å². The number of amides is 2. The number of nitrogens with zero attached hydrogens (tertiary/aromatic N) is 6. The molecule has 19 heteroatoms. The van der Waals surface area contributed by atoms with Crippen molar-refractivity contribution in [3.05, 3.63) is 91.2 Å². The van der Waals surface area contributed by atoms with E-state index in [9.17, 15) is 19.2 Å². The maximum absolute atomic E-state index is 12.9. The van der Waals surface area contributed by atoms with E-state index in [0.29, 0.717) is 44.4 Å². The molecule has 4 aromatic rings. The quantitative estimate of drug-likeness (QED) is 0.125. The first-order valence-electron chi connectivity index (χ1n) is 20.5. The molecule has 2 amide bonds. The number of carbonyl (C=O) groups excluding carboxylic acids is 4. The molecule has 2 aliphatic rings. The number of rotatable bonds is 4. The number of Topliss-reactive ketones (excluding diaryl/α,β-unsaturated/α-hetero) is 1. The van der Waals surface area contributed by atoms with Crippen molar-refractivity contribution in [1.29, 1.82) is 0 Å². The first-order valence-corrected chi connectivity index (χ1v) is 22.1. The van der Waals surface area contributed by atoms with Crippen LogP contribution in [0.15, 0.2) is 54.2 Å². The topological polar surface area (TPSA) is 227 Å². The third-order valence-electron chi connectivity index (χ3n) is 9.42. The zero-order valence-corrected chi connectivity index (χ0v) is 45.6. The molecule has 16 nitrogen and oxygen atoms in total. The standard InChI is InChI=1S/C23H30BrN3O4.C15H21BrN2O2.C7H9N2O2.K.H2O/c1-22(2,3)20-26-25-19(30-20)18(28)12-14-9-10-27(21(29)31-23(4,5)6)13-15-11-16(24)7-8-17(14)15;1-15(2,3)20-14(19)18-7-6-13(17)12-5-4-11(16)8-10(12)9-18;1-7(2,3)6-9-8-5(4-10)11-6;;/h7-8,11,14H,9-10,12-13H2,1-6H3;4-5,8,13H,6-7,9,17H2,1-3H3;1-3H3;;1H2/q;;-1;+1;/p-1/t14-;13-;;;/m01.../s1. The van der Waals surface area contributed by atoms with Gasteiger partial charge >= 0.3 is 63.6 Å². The summed E-state index contributed by atoms with van der Waals surface area (Å²) >= 11 is 6.98. The summed E-state index contributed by atoms with van der Waals surface area (Å²) in [5, 5.41) is 15.1. The van der Waals surface area contributed by atoms with Gasteiger partial charge in [0, 0.05) is 58.4 Å². The van der Waals surface area contributed by atoms with Gasteiger partial charge in [0.05, 0.1) is 0 Å². The molecule has 0 radical (unpaired) electrons. The second kappa shape index (κ2) is 23.7. The van der Waals surface area contributed by atoms with Gasteiger partial charge in [0.15, 0.2) is 0 Å². The normalized spacial score (nSPS) is 16.3. The molecule has 2 atom stereocenters. The van der Waals surface area contributed by atoms with Gasteiger partial charge in [-0.15, -0.1) is 20.4 Å². The predicted octanol–water partition coefficient (Wildman–Crippen LogP) is 6.87. The minimum absolute atomic E-state index is 0. The van der Waals surface area contributed by atoms with Gasteiger partial charge in [-0.25, -0.2) is 9.59 Å². The Labute approximate surface area is 435 Å². The van der Waals surface area contributed by atoms with E-state index >= 15 is 0 Å². The zero-order valence-electron chi connectivity index (χ0n) is 39.3. The summed E-state index contributed by atoms with van der Waals surface area (Å²) in [4.78, 5) is 51.3. The number of nitrogens with two attached hydrogens (primary N) is 1. The van der Waals surface area contributed by atoms with E-state index in [-0.39, 0.29) is 116 Å². The molecule has 2 aromatic heterocycles. The molecule has 0 spiro atoms. The maximum Gasteiger partial charge on any atom is 1.00 e. The molecular formula is C45H61Br2KN7O9-. The average molecular weight is 1040 g/mol. The van der Waals surface area contributed by atoms with Crippen molar-refractivity contribution in [3.63, 3.8) is 0 Å². The molecule has 0 aliphatic carbocycles. The summed E-state index contributed by atoms with van der Waals surface area (Å²) in [5.74, 6) is 0.598. The van der Waals surface area contributed by atoms with Crippen LogP contribution in [-0.2, 0) is 38.2 Å². The molecule has 3 N–H and O–H groups in total. The number of benzene rings is 2. The fourth-order valence-corrected chi connectivity index (χ4v) is 7.18. The largest absolute Gasteiger partial charge is 1.00 e. The molecule has 0 saturated heterocycles. The first kappa shape index (κ1) is 57.2. The van der Waals surface area contributed by atoms with Crippen molar-refractivity contribution in [1.82, 2.24) is 30.2 Å². The van der Waals surface area contributed by atoms with Crippen LogP contribution in [0.3, 0.4) is 0 Å². The molecule has 0 unspecified atom stereocenters. The van der Waals surface area contributed by atoms with Crippen LogP contribution in [0.25, 0.3) is 0 Å². The molecular weight excluding hydrogens is 981 g/mol. The molecule has 0 fully saturated rings. The maximum atomic E-state index is 12.9. The molecule has 4 heterocycles. The number of aromatic nitrogens is 4. The van der Waals surface area contributed by atoms with Crippen molar-refractivity contribution < 1.29 is 94.3 Å². The van der Waals surface area contributed by atoms with Gasteiger partial charge in [0.2, 0.25) is 17.6 Å². The third-order valence-corrected chi connectivity index (χ3v) is 10.4. The summed E-state index contributed by atoms with van der Waals surface area (Å²) in [6.07, 6.45) is 2.52. The fourth-order valence-electron chi connectivity index (χ4n) is 6.36. The van der Waals surface area contributed by atoms with Gasteiger partial charge in [0.25, 0.3) is 5.89 Å². The Kier molecular flexibility index (Phi) is 21.2. The Morgan fingerprint density at radius 3 is 1.61 bits per heavy atom. The van der Waals surface area contributed by atoms with Crippen molar-refractivity contribution in [3.8, 4) is 0 Å². The number of halogens is 2. The Morgan fingerprint density at radius 2 is 1.17 bits per heavy atom. The third kappa shape index (κ3) is 17.4. The van der Waals surface area contributed by atoms with Crippen molar-refractivity contribution >= 4 is 56.1 Å². The van der Waals surface area contributed by atoms with Crippen LogP contribution in [0.4, 0.5) is 9.59 Å². The Hall–Kier alpha value is -2.88. The fraction of sp³-hybridized carbons (Fsp3) is 0.556. The SMILES string of the molecule is CC(C)(C)OC(=O)N1CC[C@@H](CC(=O)c2nnc(C(C)(C)C)o2)c2ccc(Br)cc2C1.CC(C)(C)OC(=O)N1CC[C@@H](N)c2ccc(Br)cc2C1.CC(C)(C)c1nnc([C-]=O)o1.[K+].[OH-]. The summed E-state index contributed by atoms with van der Waals surface area (Å²) in [6.45, 7) is 24.9. The van der Waals surface area contributed by atoms with Crippen LogP contribution in [0.1, 0.15) is 165 Å². The van der Waals surface area contributed by atoms with Gasteiger partial charge in [0.1, 0.15) is 17.1 Å². The predicted molar refractivity (Wildman–Crippen MR) is 242 cm³/mol. The summed E-state index contributed by atoms with van der Waals surface area (Å²) in [7, 11) is 0. The van der Waals surface area contributed by atoms with E-state index in [1.807, 2.05) is 119 Å². The first-order chi connectivity index (χ1) is 28.6. The van der Waals surface area contributed by atoms with E-state index in [2.05, 4.69) is 52.3 Å². The molecule has 6 rings (SSSR count). The number of hydrogen-bond acceptors (Lipinski definition) is 14. The average Bonchev–Trinajstić information content (AvgIpc) is 3.79. The van der Waals surface area contributed by atoms with Gasteiger partial charge in [-0.1, -0.05) is 85.5 Å². The van der Waals surface area contributed by atoms with E-state index in [0.717, 1.165) is 37.6 Å². The number of fused-ring (bicyclic) bond motifs is 2. The van der Waals surface area contributed by atoms with Gasteiger partial charge < -0.3 is 44.1 Å². The van der Waals surface area contributed by atoms with Crippen LogP contribution in [0, 0.1) is 0 Å². The van der Waals surface area contributed by atoms with Crippen LogP contribution in [-0.4, -0.2) is 84.2 Å². The second-order valence-corrected chi connectivity index (χ2v) is 21.3. The number of ether oxygens (including phenoxy) is 2. The van der Waals surface area contributed by atoms with Crippen molar-refractivity contribution in [2.24, 2.45) is 5.73 Å². The number of ketones is 1. The molecule has 2 aliphatic heterocycles. The molecule has 346 valence electrons. The smallest absolute Gasteiger partial charge is 0.870 e. The van der Waals surface area contributed by atoms with Gasteiger partial charge in [-0.3, -0.25) is 4.79 Å². The second-order valence-electron chi connectivity index (χ2n) is 19.4. The zero-order chi connectivity index (χ0) is 46.4. The van der Waals surface area contributed by atoms with E-state index in [1.54, 1.807) is 9.80 Å². The Morgan fingerprint density at radius 1 is 0.719 bits per heavy atom. The minimum atomic E-state index is -0.568. The van der Waals surface area contributed by atoms with Crippen LogP contribution in [0.5, 0.6) is 0 Å². The summed E-state index contributed by atoms with van der Waals surface area (Å²) in [5.41, 5.74) is 8.86. The van der Waals surface area contributed by atoms with Crippen LogP contribution >= 0.6 is 31.9 Å².